The van der Waals surface area contributed by atoms with E-state index in [4.69, 9.17) is 26.2 Å². The van der Waals surface area contributed by atoms with Crippen molar-refractivity contribution >= 4 is 40.8 Å². The second-order valence-electron chi connectivity index (χ2n) is 11.4. The Bertz CT molecular complexity index is 1450. The highest BCUT2D eigenvalue weighted by Crippen LogP contribution is 2.29. The number of piperidine rings is 1. The predicted molar refractivity (Wildman–Crippen MR) is 163 cm³/mol. The second kappa shape index (κ2) is 15.3. The summed E-state index contributed by atoms with van der Waals surface area (Å²) < 4.78 is 25.5. The van der Waals surface area contributed by atoms with E-state index >= 15 is 0 Å². The lowest BCUT2D eigenvalue weighted by Crippen LogP contribution is -2.39. The van der Waals surface area contributed by atoms with E-state index in [9.17, 15) is 14.0 Å². The number of aliphatic hydroxyl groups excluding tert-OH is 1. The third-order valence-electron chi connectivity index (χ3n) is 6.73. The van der Waals surface area contributed by atoms with Crippen molar-refractivity contribution < 1.29 is 28.6 Å². The van der Waals surface area contributed by atoms with Crippen LogP contribution in [-0.4, -0.2) is 80.5 Å². The third kappa shape index (κ3) is 9.88. The molecule has 1 fully saturated rings. The number of aliphatic hydroxyl groups is 1. The fraction of sp³-hybridized carbons (Fsp3) is 0.467. The van der Waals surface area contributed by atoms with Gasteiger partial charge in [-0.25, -0.2) is 14.4 Å². The first-order chi connectivity index (χ1) is 21.0. The number of esters is 1. The van der Waals surface area contributed by atoms with Crippen LogP contribution in [0.25, 0.3) is 11.3 Å². The Morgan fingerprint density at radius 3 is 2.59 bits per heavy atom. The molecule has 0 spiro atoms. The van der Waals surface area contributed by atoms with E-state index in [1.807, 2.05) is 20.8 Å². The second-order valence-corrected chi connectivity index (χ2v) is 11.8. The van der Waals surface area contributed by atoms with E-state index in [-0.39, 0.29) is 61.1 Å². The molecule has 1 aliphatic rings. The van der Waals surface area contributed by atoms with Crippen LogP contribution in [0.15, 0.2) is 36.7 Å². The lowest BCUT2D eigenvalue weighted by Gasteiger charge is -2.32. The molecule has 4 rings (SSSR count). The van der Waals surface area contributed by atoms with Gasteiger partial charge in [-0.1, -0.05) is 11.6 Å². The zero-order valence-electron chi connectivity index (χ0n) is 25.0. The highest BCUT2D eigenvalue weighted by atomic mass is 35.5. The Balaban J connectivity index is 1.37. The van der Waals surface area contributed by atoms with Crippen molar-refractivity contribution in [2.45, 2.75) is 52.2 Å². The van der Waals surface area contributed by atoms with Gasteiger partial charge < -0.3 is 30.1 Å². The van der Waals surface area contributed by atoms with Gasteiger partial charge in [0.15, 0.2) is 0 Å². The van der Waals surface area contributed by atoms with Gasteiger partial charge >= 0.3 is 5.97 Å². The molecule has 3 N–H and O–H groups in total. The molecule has 12 nitrogen and oxygen atoms in total. The standard InChI is InChI=1S/C30H37ClFN7O5/c1-30(2,3)44-29(42)19-6-9-39(10-7-19)11-8-28(41)36-27-16-26(33-18-34-27)35-24-15-23(21-14-20(31)4-5-22(21)32)37-38-25(24)17-43-13-12-40/h4-5,14-16,18-19,40H,6-13,17H2,1-3H3,(H2,33,34,35,36,37,41). The average molecular weight is 630 g/mol. The molecule has 1 saturated heterocycles. The van der Waals surface area contributed by atoms with Crippen LogP contribution in [0.4, 0.5) is 21.7 Å². The minimum Gasteiger partial charge on any atom is -0.460 e. The van der Waals surface area contributed by atoms with Gasteiger partial charge in [0, 0.05) is 29.6 Å². The smallest absolute Gasteiger partial charge is 0.309 e. The van der Waals surface area contributed by atoms with Crippen LogP contribution in [0.2, 0.25) is 5.02 Å². The summed E-state index contributed by atoms with van der Waals surface area (Å²) in [5, 5.41) is 23.6. The number of rotatable bonds is 12. The normalized spacial score (nSPS) is 14.3. The minimum absolute atomic E-state index is 0.0257. The fourth-order valence-electron chi connectivity index (χ4n) is 4.57. The maximum absolute atomic E-state index is 14.5. The minimum atomic E-state index is -0.515. The van der Waals surface area contributed by atoms with E-state index in [1.54, 1.807) is 12.1 Å². The molecule has 14 heteroatoms. The number of ether oxygens (including phenoxy) is 2. The van der Waals surface area contributed by atoms with Gasteiger partial charge in [0.2, 0.25) is 5.91 Å². The van der Waals surface area contributed by atoms with Gasteiger partial charge in [-0.2, -0.15) is 5.10 Å². The first-order valence-corrected chi connectivity index (χ1v) is 14.7. The van der Waals surface area contributed by atoms with Gasteiger partial charge in [-0.3, -0.25) is 9.59 Å². The Morgan fingerprint density at radius 2 is 1.86 bits per heavy atom. The summed E-state index contributed by atoms with van der Waals surface area (Å²) >= 11 is 6.07. The van der Waals surface area contributed by atoms with Gasteiger partial charge in [0.1, 0.15) is 35.1 Å². The number of hydrogen-bond acceptors (Lipinski definition) is 11. The van der Waals surface area contributed by atoms with Gasteiger partial charge in [0.05, 0.1) is 37.1 Å². The van der Waals surface area contributed by atoms with Crippen molar-refractivity contribution in [2.75, 3.05) is 43.5 Å². The quantitative estimate of drug-likeness (QED) is 0.194. The molecule has 3 heterocycles. The van der Waals surface area contributed by atoms with Crippen molar-refractivity contribution in [3.05, 3.63) is 53.2 Å². The van der Waals surface area contributed by atoms with Crippen LogP contribution in [0, 0.1) is 11.7 Å². The number of aromatic nitrogens is 4. The van der Waals surface area contributed by atoms with Crippen molar-refractivity contribution in [3.63, 3.8) is 0 Å². The predicted octanol–water partition coefficient (Wildman–Crippen LogP) is 4.36. The van der Waals surface area contributed by atoms with Crippen LogP contribution >= 0.6 is 11.6 Å². The molecular weight excluding hydrogens is 593 g/mol. The van der Waals surface area contributed by atoms with Gasteiger partial charge in [-0.05, 0) is 71.0 Å². The van der Waals surface area contributed by atoms with Crippen LogP contribution in [0.1, 0.15) is 45.7 Å². The molecule has 2 aromatic heterocycles. The Labute approximate surface area is 260 Å². The van der Waals surface area contributed by atoms with E-state index in [2.05, 4.69) is 35.7 Å². The highest BCUT2D eigenvalue weighted by Gasteiger charge is 2.29. The summed E-state index contributed by atoms with van der Waals surface area (Å²) in [5.41, 5.74) is 0.716. The molecule has 236 valence electrons. The lowest BCUT2D eigenvalue weighted by molar-refractivity contribution is -0.161. The van der Waals surface area contributed by atoms with Crippen molar-refractivity contribution in [1.29, 1.82) is 0 Å². The number of likely N-dealkylation sites (tertiary alicyclic amines) is 1. The molecule has 0 atom stereocenters. The van der Waals surface area contributed by atoms with E-state index in [0.29, 0.717) is 54.7 Å². The van der Waals surface area contributed by atoms with Crippen LogP contribution in [0.3, 0.4) is 0 Å². The Morgan fingerprint density at radius 1 is 1.11 bits per heavy atom. The molecule has 0 unspecified atom stereocenters. The number of anilines is 3. The summed E-state index contributed by atoms with van der Waals surface area (Å²) in [6.07, 6.45) is 2.94. The largest absolute Gasteiger partial charge is 0.460 e. The van der Waals surface area contributed by atoms with Gasteiger partial charge in [-0.15, -0.1) is 5.10 Å². The zero-order valence-corrected chi connectivity index (χ0v) is 25.7. The molecular formula is C30H37ClFN7O5. The van der Waals surface area contributed by atoms with Crippen LogP contribution < -0.4 is 10.6 Å². The molecule has 0 bridgehead atoms. The number of carbonyl (C=O) groups excluding carboxylic acids is 2. The molecule has 0 aliphatic carbocycles. The highest BCUT2D eigenvalue weighted by molar-refractivity contribution is 6.30. The first-order valence-electron chi connectivity index (χ1n) is 14.4. The summed E-state index contributed by atoms with van der Waals surface area (Å²) in [4.78, 5) is 35.6. The average Bonchev–Trinajstić information content (AvgIpc) is 2.98. The number of carbonyl (C=O) groups is 2. The van der Waals surface area contributed by atoms with Crippen molar-refractivity contribution in [1.82, 2.24) is 25.1 Å². The number of halogens is 2. The summed E-state index contributed by atoms with van der Waals surface area (Å²) in [5.74, 6) is -0.386. The Kier molecular flexibility index (Phi) is 11.5. The van der Waals surface area contributed by atoms with E-state index in [1.165, 1.54) is 24.5 Å². The Hall–Kier alpha value is -3.78. The topological polar surface area (TPSA) is 152 Å². The molecule has 1 aliphatic heterocycles. The number of nitrogens with zero attached hydrogens (tertiary/aromatic N) is 5. The van der Waals surface area contributed by atoms with E-state index < -0.39 is 11.4 Å². The molecule has 44 heavy (non-hydrogen) atoms. The maximum atomic E-state index is 14.5. The van der Waals surface area contributed by atoms with Crippen LogP contribution in [-0.2, 0) is 25.7 Å². The fourth-order valence-corrected chi connectivity index (χ4v) is 4.74. The first kappa shape index (κ1) is 33.1. The zero-order chi connectivity index (χ0) is 31.7. The molecule has 1 aromatic carbocycles. The summed E-state index contributed by atoms with van der Waals surface area (Å²) in [6, 6.07) is 7.29. The third-order valence-corrected chi connectivity index (χ3v) is 6.96. The number of benzene rings is 1. The molecule has 0 saturated carbocycles. The van der Waals surface area contributed by atoms with Crippen molar-refractivity contribution in [2.24, 2.45) is 5.92 Å². The van der Waals surface area contributed by atoms with Crippen molar-refractivity contribution in [3.8, 4) is 11.3 Å². The number of nitrogens with one attached hydrogen (secondary N) is 2. The molecule has 0 radical (unpaired) electrons. The molecule has 3 aromatic rings. The van der Waals surface area contributed by atoms with E-state index in [0.717, 1.165) is 0 Å². The summed E-state index contributed by atoms with van der Waals surface area (Å²) in [7, 11) is 0. The maximum Gasteiger partial charge on any atom is 0.309 e. The summed E-state index contributed by atoms with van der Waals surface area (Å²) in [6.45, 7) is 7.51. The molecule has 1 amide bonds. The van der Waals surface area contributed by atoms with Gasteiger partial charge in [0.25, 0.3) is 0 Å². The SMILES string of the molecule is CC(C)(C)OC(=O)C1CCN(CCC(=O)Nc2cc(Nc3cc(-c4cc(Cl)ccc4F)nnc3COCCO)ncn2)CC1. The monoisotopic (exact) mass is 629 g/mol. The number of hydrogen-bond donors (Lipinski definition) is 3. The number of amides is 1. The lowest BCUT2D eigenvalue weighted by atomic mass is 9.96. The van der Waals surface area contributed by atoms with Crippen LogP contribution in [0.5, 0.6) is 0 Å².